The second-order valence-corrected chi connectivity index (χ2v) is 8.10. The van der Waals surface area contributed by atoms with E-state index in [0.717, 1.165) is 17.8 Å². The van der Waals surface area contributed by atoms with E-state index < -0.39 is 0 Å². The van der Waals surface area contributed by atoms with Crippen molar-refractivity contribution in [1.29, 1.82) is 0 Å². The summed E-state index contributed by atoms with van der Waals surface area (Å²) < 4.78 is 5.45. The first-order chi connectivity index (χ1) is 14.2. The summed E-state index contributed by atoms with van der Waals surface area (Å²) in [6.07, 6.45) is 6.73. The molecular formula is C24H30N4O. The maximum absolute atomic E-state index is 5.45. The quantitative estimate of drug-likeness (QED) is 0.584. The third kappa shape index (κ3) is 5.04. The molecule has 0 unspecified atom stereocenters. The first kappa shape index (κ1) is 19.6. The molecule has 1 heterocycles. The second-order valence-electron chi connectivity index (χ2n) is 8.10. The highest BCUT2D eigenvalue weighted by Gasteiger charge is 2.19. The predicted molar refractivity (Wildman–Crippen MR) is 117 cm³/mol. The lowest BCUT2D eigenvalue weighted by atomic mass is 9.94. The molecule has 0 bridgehead atoms. The van der Waals surface area contributed by atoms with Crippen LogP contribution in [0.2, 0.25) is 0 Å². The van der Waals surface area contributed by atoms with Crippen LogP contribution in [0.15, 0.2) is 53.1 Å². The smallest absolute Gasteiger partial charge is 0.246 e. The molecule has 5 nitrogen and oxygen atoms in total. The number of hydrogen-bond acceptors (Lipinski definition) is 5. The Morgan fingerprint density at radius 1 is 1.03 bits per heavy atom. The molecule has 0 radical (unpaired) electrons. The van der Waals surface area contributed by atoms with Crippen molar-refractivity contribution in [3.63, 3.8) is 0 Å². The molecule has 0 spiro atoms. The van der Waals surface area contributed by atoms with Gasteiger partial charge in [0.2, 0.25) is 11.7 Å². The molecule has 1 fully saturated rings. The van der Waals surface area contributed by atoms with Gasteiger partial charge >= 0.3 is 0 Å². The van der Waals surface area contributed by atoms with Crippen molar-refractivity contribution < 1.29 is 4.52 Å². The van der Waals surface area contributed by atoms with E-state index in [1.54, 1.807) is 0 Å². The van der Waals surface area contributed by atoms with E-state index >= 15 is 0 Å². The molecule has 152 valence electrons. The lowest BCUT2D eigenvalue weighted by molar-refractivity contribution is 0.185. The van der Waals surface area contributed by atoms with Crippen LogP contribution in [0.1, 0.15) is 49.1 Å². The Labute approximate surface area is 173 Å². The van der Waals surface area contributed by atoms with Crippen molar-refractivity contribution in [3.8, 4) is 11.4 Å². The van der Waals surface area contributed by atoms with Crippen molar-refractivity contribution >= 4 is 5.69 Å². The monoisotopic (exact) mass is 390 g/mol. The zero-order valence-electron chi connectivity index (χ0n) is 17.4. The Morgan fingerprint density at radius 2 is 1.79 bits per heavy atom. The first-order valence-electron chi connectivity index (χ1n) is 10.6. The molecule has 5 heteroatoms. The average Bonchev–Trinajstić information content (AvgIpc) is 3.23. The Morgan fingerprint density at radius 3 is 2.59 bits per heavy atom. The third-order valence-corrected chi connectivity index (χ3v) is 5.84. The predicted octanol–water partition coefficient (Wildman–Crippen LogP) is 5.42. The van der Waals surface area contributed by atoms with Crippen LogP contribution in [0.4, 0.5) is 5.69 Å². The molecule has 29 heavy (non-hydrogen) atoms. The van der Waals surface area contributed by atoms with Gasteiger partial charge in [0, 0.05) is 23.8 Å². The number of anilines is 1. The number of aromatic nitrogens is 2. The van der Waals surface area contributed by atoms with Gasteiger partial charge in [-0.3, -0.25) is 4.90 Å². The second kappa shape index (κ2) is 9.23. The van der Waals surface area contributed by atoms with Crippen molar-refractivity contribution in [2.45, 2.75) is 58.2 Å². The fourth-order valence-corrected chi connectivity index (χ4v) is 4.07. The summed E-state index contributed by atoms with van der Waals surface area (Å²) in [5, 5.41) is 7.61. The van der Waals surface area contributed by atoms with E-state index in [2.05, 4.69) is 70.7 Å². The van der Waals surface area contributed by atoms with Crippen molar-refractivity contribution in [2.24, 2.45) is 0 Å². The largest absolute Gasteiger partial charge is 0.376 e. The van der Waals surface area contributed by atoms with Gasteiger partial charge in [0.25, 0.3) is 0 Å². The Bertz CT molecular complexity index is 913. The van der Waals surface area contributed by atoms with Gasteiger partial charge in [-0.15, -0.1) is 0 Å². The van der Waals surface area contributed by atoms with Gasteiger partial charge in [0.1, 0.15) is 0 Å². The fourth-order valence-electron chi connectivity index (χ4n) is 4.07. The van der Waals surface area contributed by atoms with Gasteiger partial charge < -0.3 is 9.84 Å². The molecule has 0 amide bonds. The summed E-state index contributed by atoms with van der Waals surface area (Å²) >= 11 is 0. The summed E-state index contributed by atoms with van der Waals surface area (Å²) in [6.45, 7) is 3.54. The molecule has 0 saturated heterocycles. The molecule has 1 N–H and O–H groups in total. The van der Waals surface area contributed by atoms with E-state index in [1.165, 1.54) is 43.2 Å². The summed E-state index contributed by atoms with van der Waals surface area (Å²) in [4.78, 5) is 7.04. The molecule has 1 aromatic heterocycles. The SMILES string of the molecule is Cc1ccc(-c2noc(CNc3ccccc3CN(C)C3CCCCC3)n2)cc1. The number of para-hydroxylation sites is 1. The minimum Gasteiger partial charge on any atom is -0.376 e. The summed E-state index contributed by atoms with van der Waals surface area (Å²) in [5.74, 6) is 1.23. The molecule has 1 aliphatic carbocycles. The number of aryl methyl sites for hydroxylation is 1. The fraction of sp³-hybridized carbons (Fsp3) is 0.417. The molecule has 0 atom stereocenters. The number of nitrogens with one attached hydrogen (secondary N) is 1. The number of benzene rings is 2. The van der Waals surface area contributed by atoms with Gasteiger partial charge in [-0.1, -0.05) is 72.4 Å². The highest BCUT2D eigenvalue weighted by molar-refractivity contribution is 5.55. The summed E-state index contributed by atoms with van der Waals surface area (Å²) in [6, 6.07) is 17.4. The zero-order chi connectivity index (χ0) is 20.1. The number of rotatable bonds is 7. The molecular weight excluding hydrogens is 360 g/mol. The van der Waals surface area contributed by atoms with Crippen LogP contribution in [-0.4, -0.2) is 28.1 Å². The topological polar surface area (TPSA) is 54.2 Å². The Balaban J connectivity index is 1.39. The maximum Gasteiger partial charge on any atom is 0.246 e. The van der Waals surface area contributed by atoms with Gasteiger partial charge in [-0.05, 0) is 38.4 Å². The van der Waals surface area contributed by atoms with Crippen LogP contribution in [0, 0.1) is 6.92 Å². The van der Waals surface area contributed by atoms with Gasteiger partial charge in [-0.25, -0.2) is 0 Å². The minimum absolute atomic E-state index is 0.517. The average molecular weight is 391 g/mol. The van der Waals surface area contributed by atoms with E-state index in [-0.39, 0.29) is 0 Å². The summed E-state index contributed by atoms with van der Waals surface area (Å²) in [5.41, 5.74) is 4.62. The zero-order valence-corrected chi connectivity index (χ0v) is 17.4. The highest BCUT2D eigenvalue weighted by Crippen LogP contribution is 2.25. The van der Waals surface area contributed by atoms with E-state index in [1.807, 2.05) is 12.1 Å². The Hall–Kier alpha value is -2.66. The van der Waals surface area contributed by atoms with Crippen molar-refractivity contribution in [2.75, 3.05) is 12.4 Å². The van der Waals surface area contributed by atoms with Crippen LogP contribution >= 0.6 is 0 Å². The van der Waals surface area contributed by atoms with Crippen molar-refractivity contribution in [3.05, 3.63) is 65.5 Å². The van der Waals surface area contributed by atoms with E-state index in [9.17, 15) is 0 Å². The van der Waals surface area contributed by atoms with E-state index in [4.69, 9.17) is 4.52 Å². The maximum atomic E-state index is 5.45. The van der Waals surface area contributed by atoms with E-state index in [0.29, 0.717) is 24.3 Å². The Kier molecular flexibility index (Phi) is 6.25. The third-order valence-electron chi connectivity index (χ3n) is 5.84. The standard InChI is InChI=1S/C24H30N4O/c1-18-12-14-19(15-13-18)24-26-23(29-27-24)16-25-22-11-7-6-8-20(22)17-28(2)21-9-4-3-5-10-21/h6-8,11-15,21,25H,3-5,9-10,16-17H2,1-2H3. The van der Waals surface area contributed by atoms with Crippen LogP contribution in [0.5, 0.6) is 0 Å². The van der Waals surface area contributed by atoms with Gasteiger partial charge in [0.15, 0.2) is 0 Å². The van der Waals surface area contributed by atoms with Crippen LogP contribution in [-0.2, 0) is 13.1 Å². The number of nitrogens with zero attached hydrogens (tertiary/aromatic N) is 3. The van der Waals surface area contributed by atoms with Gasteiger partial charge in [0.05, 0.1) is 6.54 Å². The van der Waals surface area contributed by atoms with Crippen molar-refractivity contribution in [1.82, 2.24) is 15.0 Å². The van der Waals surface area contributed by atoms with Crippen LogP contribution < -0.4 is 5.32 Å². The lowest BCUT2D eigenvalue weighted by Crippen LogP contribution is -2.33. The molecule has 2 aromatic carbocycles. The minimum atomic E-state index is 0.517. The first-order valence-corrected chi connectivity index (χ1v) is 10.6. The normalized spacial score (nSPS) is 15.0. The molecule has 3 aromatic rings. The van der Waals surface area contributed by atoms with Gasteiger partial charge in [-0.2, -0.15) is 4.98 Å². The lowest BCUT2D eigenvalue weighted by Gasteiger charge is -2.31. The van der Waals surface area contributed by atoms with Crippen LogP contribution in [0.25, 0.3) is 11.4 Å². The van der Waals surface area contributed by atoms with Crippen LogP contribution in [0.3, 0.4) is 0 Å². The molecule has 0 aliphatic heterocycles. The highest BCUT2D eigenvalue weighted by atomic mass is 16.5. The number of hydrogen-bond donors (Lipinski definition) is 1. The molecule has 1 aliphatic rings. The summed E-state index contributed by atoms with van der Waals surface area (Å²) in [7, 11) is 2.25. The molecule has 4 rings (SSSR count). The molecule has 1 saturated carbocycles.